The molecule has 0 aliphatic carbocycles. The number of nitrogens with zero attached hydrogens (tertiary/aromatic N) is 1. The molecule has 0 saturated heterocycles. The van der Waals surface area contributed by atoms with E-state index in [9.17, 15) is 10.1 Å². The van der Waals surface area contributed by atoms with Crippen molar-refractivity contribution in [3.8, 4) is 0 Å². The van der Waals surface area contributed by atoms with Gasteiger partial charge in [-0.25, -0.2) is 0 Å². The van der Waals surface area contributed by atoms with Crippen LogP contribution >= 0.6 is 11.6 Å². The van der Waals surface area contributed by atoms with Crippen LogP contribution in [0.5, 0.6) is 0 Å². The molecular formula is C10H13ClN2O3. The first-order valence-electron chi connectivity index (χ1n) is 4.82. The lowest BCUT2D eigenvalue weighted by Crippen LogP contribution is -2.23. The molecule has 2 N–H and O–H groups in total. The van der Waals surface area contributed by atoms with Gasteiger partial charge in [-0.15, -0.1) is 0 Å². The van der Waals surface area contributed by atoms with Gasteiger partial charge in [-0.2, -0.15) is 0 Å². The summed E-state index contributed by atoms with van der Waals surface area (Å²) in [5.41, 5.74) is 0.747. The maximum Gasteiger partial charge on any atom is 0.270 e. The lowest BCUT2D eigenvalue weighted by Gasteiger charge is -2.08. The number of rotatable bonds is 5. The van der Waals surface area contributed by atoms with Gasteiger partial charge >= 0.3 is 0 Å². The van der Waals surface area contributed by atoms with E-state index in [-0.39, 0.29) is 5.69 Å². The second-order valence-electron chi connectivity index (χ2n) is 3.51. The molecule has 0 radical (unpaired) electrons. The van der Waals surface area contributed by atoms with E-state index in [2.05, 4.69) is 5.32 Å². The molecule has 1 aromatic rings. The first kappa shape index (κ1) is 12.9. The first-order valence-corrected chi connectivity index (χ1v) is 5.20. The fourth-order valence-corrected chi connectivity index (χ4v) is 1.45. The maximum atomic E-state index is 10.5. The van der Waals surface area contributed by atoms with Gasteiger partial charge in [-0.05, 0) is 18.6 Å². The lowest BCUT2D eigenvalue weighted by molar-refractivity contribution is -0.384. The largest absolute Gasteiger partial charge is 0.392 e. The summed E-state index contributed by atoms with van der Waals surface area (Å²) < 4.78 is 0. The van der Waals surface area contributed by atoms with Gasteiger partial charge in [0.15, 0.2) is 0 Å². The summed E-state index contributed by atoms with van der Waals surface area (Å²) in [5.74, 6) is 0. The van der Waals surface area contributed by atoms with Crippen LogP contribution in [0.15, 0.2) is 18.2 Å². The minimum absolute atomic E-state index is 0.0238. The third-order valence-corrected chi connectivity index (χ3v) is 2.35. The lowest BCUT2D eigenvalue weighted by atomic mass is 10.2. The van der Waals surface area contributed by atoms with Gasteiger partial charge in [-0.3, -0.25) is 10.1 Å². The van der Waals surface area contributed by atoms with Crippen molar-refractivity contribution in [3.63, 3.8) is 0 Å². The van der Waals surface area contributed by atoms with Gasteiger partial charge < -0.3 is 10.4 Å². The van der Waals surface area contributed by atoms with E-state index >= 15 is 0 Å². The van der Waals surface area contributed by atoms with Crippen molar-refractivity contribution in [1.29, 1.82) is 0 Å². The van der Waals surface area contributed by atoms with Crippen LogP contribution in [-0.4, -0.2) is 22.7 Å². The standard InChI is InChI=1S/C10H13ClN2O3/c1-7(14)5-12-6-8-2-3-9(13(15)16)4-10(8)11/h2-4,7,12,14H,5-6H2,1H3/t7-/m0/s1. The quantitative estimate of drug-likeness (QED) is 0.611. The van der Waals surface area contributed by atoms with Gasteiger partial charge in [0, 0.05) is 25.2 Å². The van der Waals surface area contributed by atoms with Crippen molar-refractivity contribution in [1.82, 2.24) is 5.32 Å². The fourth-order valence-electron chi connectivity index (χ4n) is 1.21. The Hall–Kier alpha value is -1.17. The highest BCUT2D eigenvalue weighted by molar-refractivity contribution is 6.31. The molecule has 0 bridgehead atoms. The molecule has 0 aliphatic heterocycles. The molecule has 0 spiro atoms. The van der Waals surface area contributed by atoms with Gasteiger partial charge in [-0.1, -0.05) is 11.6 Å². The number of hydrogen-bond donors (Lipinski definition) is 2. The molecule has 5 nitrogen and oxygen atoms in total. The number of benzene rings is 1. The molecular weight excluding hydrogens is 232 g/mol. The second-order valence-corrected chi connectivity index (χ2v) is 3.92. The summed E-state index contributed by atoms with van der Waals surface area (Å²) in [4.78, 5) is 9.98. The van der Waals surface area contributed by atoms with E-state index in [1.807, 2.05) is 0 Å². The third kappa shape index (κ3) is 3.77. The van der Waals surface area contributed by atoms with Crippen LogP contribution in [-0.2, 0) is 6.54 Å². The van der Waals surface area contributed by atoms with Gasteiger partial charge in [0.1, 0.15) is 0 Å². The summed E-state index contributed by atoms with van der Waals surface area (Å²) in [6.45, 7) is 2.60. The first-order chi connectivity index (χ1) is 7.50. The zero-order valence-corrected chi connectivity index (χ0v) is 9.57. The molecule has 0 heterocycles. The van der Waals surface area contributed by atoms with E-state index in [1.165, 1.54) is 12.1 Å². The zero-order chi connectivity index (χ0) is 12.1. The Balaban J connectivity index is 2.64. The van der Waals surface area contributed by atoms with Crippen LogP contribution in [0.3, 0.4) is 0 Å². The minimum Gasteiger partial charge on any atom is -0.392 e. The Kier molecular flexibility index (Phi) is 4.67. The summed E-state index contributed by atoms with van der Waals surface area (Å²) in [6, 6.07) is 4.34. The Bertz CT molecular complexity index is 382. The van der Waals surface area contributed by atoms with E-state index in [0.29, 0.717) is 18.1 Å². The third-order valence-electron chi connectivity index (χ3n) is 2.00. The maximum absolute atomic E-state index is 10.5. The van der Waals surface area contributed by atoms with Crippen LogP contribution < -0.4 is 5.32 Å². The van der Waals surface area contributed by atoms with E-state index < -0.39 is 11.0 Å². The van der Waals surface area contributed by atoms with Crippen LogP contribution in [0.1, 0.15) is 12.5 Å². The second kappa shape index (κ2) is 5.79. The number of aliphatic hydroxyl groups is 1. The molecule has 0 saturated carbocycles. The smallest absolute Gasteiger partial charge is 0.270 e. The van der Waals surface area contributed by atoms with Gasteiger partial charge in [0.25, 0.3) is 5.69 Å². The number of nitro benzene ring substituents is 1. The van der Waals surface area contributed by atoms with E-state index in [1.54, 1.807) is 13.0 Å². The predicted molar refractivity (Wildman–Crippen MR) is 61.5 cm³/mol. The van der Waals surface area contributed by atoms with Crippen molar-refractivity contribution in [2.24, 2.45) is 0 Å². The normalized spacial score (nSPS) is 12.4. The Morgan fingerprint density at radius 1 is 1.62 bits per heavy atom. The topological polar surface area (TPSA) is 75.4 Å². The number of non-ortho nitro benzene ring substituents is 1. The number of aliphatic hydroxyl groups excluding tert-OH is 1. The van der Waals surface area contributed by atoms with Crippen molar-refractivity contribution >= 4 is 17.3 Å². The number of nitrogens with one attached hydrogen (secondary N) is 1. The molecule has 0 unspecified atom stereocenters. The molecule has 1 aromatic carbocycles. The minimum atomic E-state index is -0.487. The zero-order valence-electron chi connectivity index (χ0n) is 8.81. The van der Waals surface area contributed by atoms with Crippen molar-refractivity contribution in [2.45, 2.75) is 19.6 Å². The van der Waals surface area contributed by atoms with E-state index in [4.69, 9.17) is 16.7 Å². The van der Waals surface area contributed by atoms with Gasteiger partial charge in [0.2, 0.25) is 0 Å². The molecule has 0 aromatic heterocycles. The summed E-state index contributed by atoms with van der Waals surface area (Å²) in [5, 5.41) is 22.8. The molecule has 88 valence electrons. The molecule has 16 heavy (non-hydrogen) atoms. The molecule has 0 fully saturated rings. The Morgan fingerprint density at radius 3 is 2.81 bits per heavy atom. The number of hydrogen-bond acceptors (Lipinski definition) is 4. The summed E-state index contributed by atoms with van der Waals surface area (Å²) in [6.07, 6.45) is -0.433. The highest BCUT2D eigenvalue weighted by atomic mass is 35.5. The average Bonchev–Trinajstić information content (AvgIpc) is 2.19. The summed E-state index contributed by atoms with van der Waals surface area (Å²) >= 11 is 5.88. The van der Waals surface area contributed by atoms with Crippen LogP contribution in [0, 0.1) is 10.1 Å². The number of halogens is 1. The Morgan fingerprint density at radius 2 is 2.31 bits per heavy atom. The van der Waals surface area contributed by atoms with Crippen molar-refractivity contribution < 1.29 is 10.0 Å². The molecule has 1 rings (SSSR count). The van der Waals surface area contributed by atoms with Crippen LogP contribution in [0.25, 0.3) is 0 Å². The summed E-state index contributed by atoms with van der Waals surface area (Å²) in [7, 11) is 0. The fraction of sp³-hybridized carbons (Fsp3) is 0.400. The van der Waals surface area contributed by atoms with Crippen molar-refractivity contribution in [3.05, 3.63) is 38.9 Å². The highest BCUT2D eigenvalue weighted by Crippen LogP contribution is 2.22. The van der Waals surface area contributed by atoms with E-state index in [0.717, 1.165) is 5.56 Å². The molecule has 0 amide bonds. The average molecular weight is 245 g/mol. The van der Waals surface area contributed by atoms with Gasteiger partial charge in [0.05, 0.1) is 16.0 Å². The van der Waals surface area contributed by atoms with Crippen LogP contribution in [0.2, 0.25) is 5.02 Å². The molecule has 0 aliphatic rings. The van der Waals surface area contributed by atoms with Crippen LogP contribution in [0.4, 0.5) is 5.69 Å². The highest BCUT2D eigenvalue weighted by Gasteiger charge is 2.09. The SMILES string of the molecule is C[C@H](O)CNCc1ccc([N+](=O)[O-])cc1Cl. The Labute approximate surface area is 98.2 Å². The number of nitro groups is 1. The monoisotopic (exact) mass is 244 g/mol. The van der Waals surface area contributed by atoms with Crippen molar-refractivity contribution in [2.75, 3.05) is 6.54 Å². The molecule has 1 atom stereocenters. The predicted octanol–water partition coefficient (Wildman–Crippen LogP) is 1.72. The molecule has 6 heteroatoms.